The topological polar surface area (TPSA) is 133 Å². The molecule has 30 heavy (non-hydrogen) atoms. The molecule has 1 unspecified atom stereocenters. The molecule has 2 aliphatic rings. The van der Waals surface area contributed by atoms with E-state index in [4.69, 9.17) is 28.4 Å². The molecule has 11 nitrogen and oxygen atoms in total. The Morgan fingerprint density at radius 3 is 2.30 bits per heavy atom. The van der Waals surface area contributed by atoms with Gasteiger partial charge in [-0.3, -0.25) is 14.4 Å². The Kier molecular flexibility index (Phi) is 8.47. The molecule has 0 spiro atoms. The highest BCUT2D eigenvalue weighted by Crippen LogP contribution is 2.43. The van der Waals surface area contributed by atoms with Crippen molar-refractivity contribution < 1.29 is 52.3 Å². The summed E-state index contributed by atoms with van der Waals surface area (Å²) in [4.78, 5) is 47.1. The minimum absolute atomic E-state index is 0.276. The summed E-state index contributed by atoms with van der Waals surface area (Å²) < 4.78 is 38.1. The first-order valence-corrected chi connectivity index (χ1v) is 10.3. The van der Waals surface area contributed by atoms with Crippen LogP contribution in [0.3, 0.4) is 0 Å². The zero-order chi connectivity index (χ0) is 22.5. The first-order valence-electron chi connectivity index (χ1n) is 9.26. The third-order valence-corrected chi connectivity index (χ3v) is 5.46. The second-order valence-corrected chi connectivity index (χ2v) is 7.97. The molecule has 0 amide bonds. The number of fused-ring (bicyclic) bond motifs is 1. The zero-order valence-electron chi connectivity index (χ0n) is 17.4. The van der Waals surface area contributed by atoms with Crippen LogP contribution in [0.1, 0.15) is 27.7 Å². The molecule has 0 N–H and O–H groups in total. The summed E-state index contributed by atoms with van der Waals surface area (Å²) in [6.45, 7) is 4.86. The van der Waals surface area contributed by atoms with Gasteiger partial charge in [0.1, 0.15) is 24.3 Å². The van der Waals surface area contributed by atoms with Gasteiger partial charge in [-0.05, 0) is 5.75 Å². The fraction of sp³-hybridized carbons (Fsp3) is 0.778. The molecule has 6 atom stereocenters. The van der Waals surface area contributed by atoms with Crippen molar-refractivity contribution in [2.75, 3.05) is 26.1 Å². The van der Waals surface area contributed by atoms with E-state index in [1.165, 1.54) is 32.5 Å². The van der Waals surface area contributed by atoms with Gasteiger partial charge < -0.3 is 33.2 Å². The predicted molar refractivity (Wildman–Crippen MR) is 100 cm³/mol. The summed E-state index contributed by atoms with van der Waals surface area (Å²) in [7, 11) is 1.16. The van der Waals surface area contributed by atoms with Crippen LogP contribution in [0.5, 0.6) is 0 Å². The largest absolute Gasteiger partial charge is 0.465 e. The summed E-state index contributed by atoms with van der Waals surface area (Å²) in [6, 6.07) is 0. The molecule has 12 heteroatoms. The monoisotopic (exact) mass is 450 g/mol. The standard InChI is InChI=1S/C18H26O11S/c1-6-30-17-13(26-10(3)20)14-18(29-11(4)21,12(27-17)7-24-9(2)19)8-25-16(28-14)15(22)23-5/h12-14,16-17H,6-8H2,1-5H3/t12-,13-,14-,16+,17?,18+/m1/s1. The van der Waals surface area contributed by atoms with E-state index >= 15 is 0 Å². The highest BCUT2D eigenvalue weighted by Gasteiger charge is 2.65. The van der Waals surface area contributed by atoms with Crippen LogP contribution in [-0.2, 0) is 52.3 Å². The summed E-state index contributed by atoms with van der Waals surface area (Å²) in [5.74, 6) is -2.10. The molecule has 2 aliphatic heterocycles. The maximum atomic E-state index is 12.0. The van der Waals surface area contributed by atoms with Crippen LogP contribution in [0.2, 0.25) is 0 Å². The zero-order valence-corrected chi connectivity index (χ0v) is 18.2. The van der Waals surface area contributed by atoms with Gasteiger partial charge in [0.2, 0.25) is 0 Å². The van der Waals surface area contributed by atoms with Crippen LogP contribution in [-0.4, -0.2) is 85.6 Å². The van der Waals surface area contributed by atoms with Crippen molar-refractivity contribution in [3.05, 3.63) is 0 Å². The maximum Gasteiger partial charge on any atom is 0.363 e. The van der Waals surface area contributed by atoms with Crippen molar-refractivity contribution in [2.45, 2.75) is 63.3 Å². The fourth-order valence-corrected chi connectivity index (χ4v) is 4.26. The first kappa shape index (κ1) is 24.4. The number of rotatable bonds is 7. The lowest BCUT2D eigenvalue weighted by Gasteiger charge is -2.54. The van der Waals surface area contributed by atoms with Gasteiger partial charge in [-0.15, -0.1) is 11.8 Å². The highest BCUT2D eigenvalue weighted by molar-refractivity contribution is 7.99. The van der Waals surface area contributed by atoms with E-state index in [1.807, 2.05) is 6.92 Å². The molecule has 170 valence electrons. The lowest BCUT2D eigenvalue weighted by molar-refractivity contribution is -0.355. The Morgan fingerprint density at radius 2 is 1.77 bits per heavy atom. The average molecular weight is 450 g/mol. The van der Waals surface area contributed by atoms with Crippen molar-refractivity contribution in [2.24, 2.45) is 0 Å². The molecule has 2 rings (SSSR count). The van der Waals surface area contributed by atoms with Gasteiger partial charge in [0.05, 0.1) is 13.7 Å². The number of carbonyl (C=O) groups excluding carboxylic acids is 4. The van der Waals surface area contributed by atoms with Crippen LogP contribution in [0.4, 0.5) is 0 Å². The summed E-state index contributed by atoms with van der Waals surface area (Å²) in [5, 5.41) is 0. The van der Waals surface area contributed by atoms with E-state index in [-0.39, 0.29) is 13.2 Å². The second-order valence-electron chi connectivity index (χ2n) is 6.60. The van der Waals surface area contributed by atoms with Gasteiger partial charge in [0, 0.05) is 20.8 Å². The Hall–Kier alpha value is -1.89. The van der Waals surface area contributed by atoms with Crippen LogP contribution in [0.15, 0.2) is 0 Å². The molecular formula is C18H26O11S. The van der Waals surface area contributed by atoms with Gasteiger partial charge in [-0.2, -0.15) is 0 Å². The Bertz CT molecular complexity index is 669. The lowest BCUT2D eigenvalue weighted by Crippen LogP contribution is -2.74. The van der Waals surface area contributed by atoms with E-state index in [0.29, 0.717) is 5.75 Å². The van der Waals surface area contributed by atoms with E-state index in [2.05, 4.69) is 4.74 Å². The summed E-state index contributed by atoms with van der Waals surface area (Å²) >= 11 is 1.31. The average Bonchev–Trinajstić information content (AvgIpc) is 2.67. The predicted octanol–water partition coefficient (Wildman–Crippen LogP) is 0.176. The number of carbonyl (C=O) groups is 4. The molecule has 2 heterocycles. The molecule has 0 aromatic carbocycles. The van der Waals surface area contributed by atoms with Crippen LogP contribution in [0.25, 0.3) is 0 Å². The quantitative estimate of drug-likeness (QED) is 0.387. The molecule has 0 bridgehead atoms. The molecule has 0 radical (unpaired) electrons. The second kappa shape index (κ2) is 10.4. The Labute approximate surface area is 177 Å². The van der Waals surface area contributed by atoms with Crippen molar-refractivity contribution in [3.8, 4) is 0 Å². The number of methoxy groups -OCH3 is 1. The summed E-state index contributed by atoms with van der Waals surface area (Å²) in [5.41, 5.74) is -2.39. The Morgan fingerprint density at radius 1 is 1.07 bits per heavy atom. The third kappa shape index (κ3) is 5.42. The van der Waals surface area contributed by atoms with Crippen molar-refractivity contribution in [1.82, 2.24) is 0 Å². The fourth-order valence-electron chi connectivity index (χ4n) is 3.33. The van der Waals surface area contributed by atoms with Crippen LogP contribution < -0.4 is 0 Å². The lowest BCUT2D eigenvalue weighted by atomic mass is 9.83. The van der Waals surface area contributed by atoms with Gasteiger partial charge in [0.25, 0.3) is 6.29 Å². The molecule has 0 aromatic heterocycles. The molecule has 0 aliphatic carbocycles. The number of ether oxygens (including phenoxy) is 7. The van der Waals surface area contributed by atoms with Gasteiger partial charge in [-0.25, -0.2) is 4.79 Å². The number of hydrogen-bond donors (Lipinski definition) is 0. The number of thioether (sulfide) groups is 1. The van der Waals surface area contributed by atoms with E-state index < -0.39 is 59.5 Å². The Balaban J connectivity index is 2.51. The molecular weight excluding hydrogens is 424 g/mol. The van der Waals surface area contributed by atoms with Gasteiger partial charge in [0.15, 0.2) is 11.7 Å². The smallest absolute Gasteiger partial charge is 0.363 e. The van der Waals surface area contributed by atoms with Gasteiger partial charge in [-0.1, -0.05) is 6.92 Å². The molecule has 0 aromatic rings. The minimum atomic E-state index is -1.64. The molecule has 0 saturated carbocycles. The van der Waals surface area contributed by atoms with Crippen molar-refractivity contribution in [1.29, 1.82) is 0 Å². The normalized spacial score (nSPS) is 33.0. The van der Waals surface area contributed by atoms with Crippen LogP contribution >= 0.6 is 11.8 Å². The third-order valence-electron chi connectivity index (χ3n) is 4.42. The molecule has 2 fully saturated rings. The van der Waals surface area contributed by atoms with Gasteiger partial charge >= 0.3 is 23.9 Å². The maximum absolute atomic E-state index is 12.0. The van der Waals surface area contributed by atoms with Crippen molar-refractivity contribution >= 4 is 35.6 Å². The van der Waals surface area contributed by atoms with Crippen molar-refractivity contribution in [3.63, 3.8) is 0 Å². The SMILES string of the molecule is CCSC1O[C@H](COC(C)=O)[C@@]2(OC(C)=O)CO[C@H](C(=O)OC)O[C@@H]2[C@H]1OC(C)=O. The highest BCUT2D eigenvalue weighted by atomic mass is 32.2. The number of esters is 4. The first-order chi connectivity index (χ1) is 14.1. The summed E-state index contributed by atoms with van der Waals surface area (Å²) in [6.07, 6.45) is -4.64. The molecule has 2 saturated heterocycles. The van der Waals surface area contributed by atoms with E-state index in [0.717, 1.165) is 7.11 Å². The minimum Gasteiger partial charge on any atom is -0.465 e. The van der Waals surface area contributed by atoms with Crippen LogP contribution in [0, 0.1) is 0 Å². The number of hydrogen-bond acceptors (Lipinski definition) is 12. The van der Waals surface area contributed by atoms with E-state index in [1.54, 1.807) is 0 Å². The van der Waals surface area contributed by atoms with E-state index in [9.17, 15) is 19.2 Å².